The molecule has 18 heavy (non-hydrogen) atoms. The molecule has 2 fully saturated rings. The van der Waals surface area contributed by atoms with E-state index in [1.54, 1.807) is 21.8 Å². The number of piperidine rings is 1. The number of thiophene rings is 1. The first-order valence-corrected chi connectivity index (χ1v) is 9.25. The Morgan fingerprint density at radius 2 is 2.11 bits per heavy atom. The van der Waals surface area contributed by atoms with Crippen molar-refractivity contribution in [2.45, 2.75) is 22.0 Å². The van der Waals surface area contributed by atoms with E-state index in [2.05, 4.69) is 0 Å². The Kier molecular flexibility index (Phi) is 3.44. The summed E-state index contributed by atoms with van der Waals surface area (Å²) >= 11 is 3.12. The van der Waals surface area contributed by atoms with Gasteiger partial charge in [0, 0.05) is 18.8 Å². The lowest BCUT2D eigenvalue weighted by Crippen LogP contribution is -2.44. The molecule has 1 spiro atoms. The highest BCUT2D eigenvalue weighted by Gasteiger charge is 2.42. The fourth-order valence-corrected chi connectivity index (χ4v) is 6.15. The number of thioether (sulfide) groups is 1. The number of ether oxygens (including phenoxy) is 1. The predicted molar refractivity (Wildman–Crippen MR) is 73.5 cm³/mol. The summed E-state index contributed by atoms with van der Waals surface area (Å²) in [5.41, 5.74) is 0. The molecule has 2 saturated heterocycles. The van der Waals surface area contributed by atoms with Crippen LogP contribution in [0.1, 0.15) is 12.8 Å². The Bertz CT molecular complexity index is 496. The maximum atomic E-state index is 12.3. The Labute approximate surface area is 115 Å². The van der Waals surface area contributed by atoms with Crippen molar-refractivity contribution in [2.75, 3.05) is 25.4 Å². The van der Waals surface area contributed by atoms with Crippen LogP contribution in [-0.2, 0) is 14.8 Å². The molecule has 0 amide bonds. The predicted octanol–water partition coefficient (Wildman–Crippen LogP) is 1.99. The average molecular weight is 305 g/mol. The molecule has 0 aromatic carbocycles. The largest absolute Gasteiger partial charge is 0.363 e. The third-order valence-corrected chi connectivity index (χ3v) is 8.08. The lowest BCUT2D eigenvalue weighted by molar-refractivity contribution is 0.0162. The van der Waals surface area contributed by atoms with Crippen molar-refractivity contribution < 1.29 is 13.2 Å². The van der Waals surface area contributed by atoms with Gasteiger partial charge in [-0.2, -0.15) is 4.31 Å². The maximum absolute atomic E-state index is 12.3. The van der Waals surface area contributed by atoms with Gasteiger partial charge in [0.25, 0.3) is 10.0 Å². The van der Waals surface area contributed by atoms with Crippen LogP contribution in [0.15, 0.2) is 21.7 Å². The van der Waals surface area contributed by atoms with Crippen LogP contribution < -0.4 is 0 Å². The summed E-state index contributed by atoms with van der Waals surface area (Å²) in [6.07, 6.45) is 1.59. The smallest absolute Gasteiger partial charge is 0.252 e. The molecule has 1 aromatic rings. The van der Waals surface area contributed by atoms with E-state index >= 15 is 0 Å². The molecule has 4 nitrogen and oxygen atoms in total. The van der Waals surface area contributed by atoms with Crippen LogP contribution in [0.4, 0.5) is 0 Å². The second-order valence-corrected chi connectivity index (χ2v) is 9.00. The van der Waals surface area contributed by atoms with Crippen molar-refractivity contribution >= 4 is 33.1 Å². The summed E-state index contributed by atoms with van der Waals surface area (Å²) in [7, 11) is -3.28. The molecule has 3 rings (SSSR count). The van der Waals surface area contributed by atoms with Gasteiger partial charge >= 0.3 is 0 Å². The van der Waals surface area contributed by atoms with E-state index in [4.69, 9.17) is 4.74 Å². The minimum Gasteiger partial charge on any atom is -0.363 e. The highest BCUT2D eigenvalue weighted by Crippen LogP contribution is 2.42. The Morgan fingerprint density at radius 1 is 1.33 bits per heavy atom. The minimum absolute atomic E-state index is 0.110. The molecule has 0 aliphatic carbocycles. The van der Waals surface area contributed by atoms with E-state index in [0.29, 0.717) is 17.3 Å². The third-order valence-electron chi connectivity index (χ3n) is 3.39. The fourth-order valence-electron chi connectivity index (χ4n) is 2.39. The van der Waals surface area contributed by atoms with Gasteiger partial charge in [-0.25, -0.2) is 8.42 Å². The van der Waals surface area contributed by atoms with Gasteiger partial charge in [0.2, 0.25) is 0 Å². The van der Waals surface area contributed by atoms with Crippen LogP contribution in [0, 0.1) is 0 Å². The molecule has 0 unspecified atom stereocenters. The van der Waals surface area contributed by atoms with Gasteiger partial charge in [0.15, 0.2) is 0 Å². The van der Waals surface area contributed by atoms with Gasteiger partial charge in [-0.3, -0.25) is 0 Å². The Balaban J connectivity index is 1.73. The molecule has 7 heteroatoms. The molecule has 100 valence electrons. The third kappa shape index (κ3) is 2.22. The van der Waals surface area contributed by atoms with Crippen LogP contribution in [0.3, 0.4) is 0 Å². The second kappa shape index (κ2) is 4.79. The zero-order chi connectivity index (χ0) is 12.6. The molecule has 0 saturated carbocycles. The van der Waals surface area contributed by atoms with E-state index in [1.165, 1.54) is 11.3 Å². The second-order valence-electron chi connectivity index (χ2n) is 4.44. The molecule has 3 heterocycles. The van der Waals surface area contributed by atoms with Crippen molar-refractivity contribution in [2.24, 2.45) is 0 Å². The zero-order valence-corrected chi connectivity index (χ0v) is 12.3. The highest BCUT2D eigenvalue weighted by molar-refractivity contribution is 8.00. The molecule has 0 atom stereocenters. The van der Waals surface area contributed by atoms with Gasteiger partial charge < -0.3 is 4.74 Å². The minimum atomic E-state index is -3.28. The van der Waals surface area contributed by atoms with Crippen molar-refractivity contribution in [3.05, 3.63) is 17.5 Å². The van der Waals surface area contributed by atoms with Crippen molar-refractivity contribution in [1.82, 2.24) is 4.31 Å². The molecule has 1 aromatic heterocycles. The summed E-state index contributed by atoms with van der Waals surface area (Å²) in [5, 5.41) is 1.80. The molecule has 0 radical (unpaired) electrons. The Morgan fingerprint density at radius 3 is 2.67 bits per heavy atom. The van der Waals surface area contributed by atoms with Crippen molar-refractivity contribution in [3.8, 4) is 0 Å². The van der Waals surface area contributed by atoms with E-state index in [9.17, 15) is 8.42 Å². The number of hydrogen-bond acceptors (Lipinski definition) is 5. The zero-order valence-electron chi connectivity index (χ0n) is 9.87. The molecule has 2 aliphatic rings. The number of nitrogens with zero attached hydrogens (tertiary/aromatic N) is 1. The van der Waals surface area contributed by atoms with Gasteiger partial charge in [0.05, 0.1) is 6.61 Å². The van der Waals surface area contributed by atoms with Gasteiger partial charge in [-0.05, 0) is 24.3 Å². The van der Waals surface area contributed by atoms with Gasteiger partial charge in [0.1, 0.15) is 9.14 Å². The monoisotopic (exact) mass is 305 g/mol. The maximum Gasteiger partial charge on any atom is 0.252 e. The lowest BCUT2D eigenvalue weighted by Gasteiger charge is -2.36. The summed E-state index contributed by atoms with van der Waals surface area (Å²) < 4.78 is 32.5. The molecule has 0 bridgehead atoms. The van der Waals surface area contributed by atoms with Crippen LogP contribution in [0.2, 0.25) is 0 Å². The normalized spacial score (nSPS) is 24.7. The molecule has 2 aliphatic heterocycles. The first-order chi connectivity index (χ1) is 8.62. The average Bonchev–Trinajstić information content (AvgIpc) is 3.01. The van der Waals surface area contributed by atoms with Crippen LogP contribution >= 0.6 is 23.1 Å². The summed E-state index contributed by atoms with van der Waals surface area (Å²) in [4.78, 5) is -0.110. The van der Waals surface area contributed by atoms with E-state index < -0.39 is 10.0 Å². The highest BCUT2D eigenvalue weighted by atomic mass is 32.2. The topological polar surface area (TPSA) is 46.6 Å². The van der Waals surface area contributed by atoms with Crippen molar-refractivity contribution in [1.29, 1.82) is 0 Å². The lowest BCUT2D eigenvalue weighted by atomic mass is 10.1. The first-order valence-electron chi connectivity index (χ1n) is 5.94. The molecular formula is C11H15NO3S3. The summed E-state index contributed by atoms with van der Waals surface area (Å²) in [6, 6.07) is 3.45. The van der Waals surface area contributed by atoms with E-state index in [-0.39, 0.29) is 4.93 Å². The SMILES string of the molecule is O=S(=O)(c1cccs1)N1CCC2(CC1)OCCS2. The van der Waals surface area contributed by atoms with Crippen LogP contribution in [0.5, 0.6) is 0 Å². The molecular weight excluding hydrogens is 290 g/mol. The standard InChI is InChI=1S/C11H15NO3S3/c13-18(14,10-2-1-8-16-10)12-5-3-11(4-6-12)15-7-9-17-11/h1-2,8H,3-7,9H2. The number of sulfonamides is 1. The number of hydrogen-bond donors (Lipinski definition) is 0. The number of rotatable bonds is 2. The summed E-state index contributed by atoms with van der Waals surface area (Å²) in [5.74, 6) is 1.03. The first kappa shape index (κ1) is 12.9. The van der Waals surface area contributed by atoms with Gasteiger partial charge in [-0.15, -0.1) is 23.1 Å². The Hall–Kier alpha value is -0.0800. The van der Waals surface area contributed by atoms with E-state index in [1.807, 2.05) is 11.8 Å². The van der Waals surface area contributed by atoms with Crippen LogP contribution in [-0.4, -0.2) is 43.1 Å². The quantitative estimate of drug-likeness (QED) is 0.838. The van der Waals surface area contributed by atoms with Crippen LogP contribution in [0.25, 0.3) is 0 Å². The fraction of sp³-hybridized carbons (Fsp3) is 0.636. The van der Waals surface area contributed by atoms with Gasteiger partial charge in [-0.1, -0.05) is 6.07 Å². The van der Waals surface area contributed by atoms with E-state index in [0.717, 1.165) is 25.2 Å². The van der Waals surface area contributed by atoms with Crippen molar-refractivity contribution in [3.63, 3.8) is 0 Å². The summed E-state index contributed by atoms with van der Waals surface area (Å²) in [6.45, 7) is 1.92. The molecule has 0 N–H and O–H groups in total.